The molecule has 0 spiro atoms. The minimum Gasteiger partial charge on any atom is -0.339 e. The Morgan fingerprint density at radius 3 is 2.03 bits per heavy atom. The number of Topliss-reactive ketones (excluding diaryl/α,β-unsaturated/α-hetero) is 1. The van der Waals surface area contributed by atoms with E-state index in [4.69, 9.17) is 0 Å². The Bertz CT molecular complexity index is 1510. The van der Waals surface area contributed by atoms with Crippen LogP contribution in [0, 0.1) is 0 Å². The summed E-state index contributed by atoms with van der Waals surface area (Å²) < 4.78 is 12.9. The van der Waals surface area contributed by atoms with Gasteiger partial charge in [0.05, 0.1) is 5.56 Å². The first kappa shape index (κ1) is 24.4. The van der Waals surface area contributed by atoms with Crippen molar-refractivity contribution < 1.29 is 23.9 Å². The standard InChI is InChI=1S/C29H28NO5P/c1-30(22-13-5-6-14-22)29(32)26-18-21-11-3-2-10-20(21)17-25(26)27(31)28(36(33,34)35)24-16-8-12-19-9-4-7-15-23(19)24/h2-4,7-12,15-18,22,28H,5-6,13-14H2,1H3,(H2,33,34,35). The van der Waals surface area contributed by atoms with Crippen LogP contribution in [0.3, 0.4) is 0 Å². The molecule has 1 amide bonds. The lowest BCUT2D eigenvalue weighted by Gasteiger charge is -2.26. The minimum atomic E-state index is -4.95. The highest BCUT2D eigenvalue weighted by atomic mass is 31.2. The van der Waals surface area contributed by atoms with Gasteiger partial charge in [0.1, 0.15) is 5.66 Å². The maximum atomic E-state index is 14.1. The SMILES string of the molecule is CN(C(=O)c1cc2ccccc2cc1C(=O)C(c1cccc2ccccc12)P(=O)(O)O)C1CCCC1. The Hall–Kier alpha value is -3.31. The fourth-order valence-corrected chi connectivity index (χ4v) is 6.41. The molecule has 0 aliphatic heterocycles. The number of carbonyl (C=O) groups excluding carboxylic acids is 2. The smallest absolute Gasteiger partial charge is 0.339 e. The number of carbonyl (C=O) groups is 2. The monoisotopic (exact) mass is 501 g/mol. The predicted molar refractivity (Wildman–Crippen MR) is 141 cm³/mol. The van der Waals surface area contributed by atoms with Crippen molar-refractivity contribution in [1.82, 2.24) is 4.90 Å². The molecule has 5 rings (SSSR count). The van der Waals surface area contributed by atoms with Gasteiger partial charge in [0.15, 0.2) is 5.78 Å². The van der Waals surface area contributed by atoms with Gasteiger partial charge in [-0.3, -0.25) is 14.2 Å². The third kappa shape index (κ3) is 4.48. The van der Waals surface area contributed by atoms with Crippen molar-refractivity contribution in [3.63, 3.8) is 0 Å². The van der Waals surface area contributed by atoms with E-state index in [1.165, 1.54) is 0 Å². The molecule has 6 nitrogen and oxygen atoms in total. The van der Waals surface area contributed by atoms with Crippen LogP contribution >= 0.6 is 7.60 Å². The maximum absolute atomic E-state index is 14.1. The highest BCUT2D eigenvalue weighted by Crippen LogP contribution is 2.55. The zero-order valence-corrected chi connectivity index (χ0v) is 20.9. The van der Waals surface area contributed by atoms with Crippen LogP contribution in [0.25, 0.3) is 21.5 Å². The summed E-state index contributed by atoms with van der Waals surface area (Å²) in [4.78, 5) is 50.3. The van der Waals surface area contributed by atoms with Crippen molar-refractivity contribution in [3.8, 4) is 0 Å². The molecular weight excluding hydrogens is 473 g/mol. The van der Waals surface area contributed by atoms with Gasteiger partial charge in [-0.25, -0.2) is 0 Å². The van der Waals surface area contributed by atoms with Gasteiger partial charge in [0, 0.05) is 18.7 Å². The first-order valence-corrected chi connectivity index (χ1v) is 13.8. The van der Waals surface area contributed by atoms with Crippen LogP contribution in [0.15, 0.2) is 78.9 Å². The van der Waals surface area contributed by atoms with Crippen molar-refractivity contribution >= 4 is 40.8 Å². The molecule has 1 aliphatic carbocycles. The van der Waals surface area contributed by atoms with Crippen LogP contribution < -0.4 is 0 Å². The zero-order valence-electron chi connectivity index (χ0n) is 20.0. The van der Waals surface area contributed by atoms with Crippen LogP contribution in [0.4, 0.5) is 0 Å². The number of hydrogen-bond donors (Lipinski definition) is 2. The van der Waals surface area contributed by atoms with E-state index in [2.05, 4.69) is 0 Å². The van der Waals surface area contributed by atoms with E-state index in [9.17, 15) is 23.9 Å². The number of amides is 1. The molecule has 1 atom stereocenters. The van der Waals surface area contributed by atoms with E-state index < -0.39 is 19.0 Å². The zero-order chi connectivity index (χ0) is 25.4. The van der Waals surface area contributed by atoms with Crippen molar-refractivity contribution in [1.29, 1.82) is 0 Å². The molecule has 1 unspecified atom stereocenters. The summed E-state index contributed by atoms with van der Waals surface area (Å²) in [5, 5.41) is 2.88. The van der Waals surface area contributed by atoms with Crippen molar-refractivity contribution in [3.05, 3.63) is 95.6 Å². The average Bonchev–Trinajstić information content (AvgIpc) is 3.41. The third-order valence-corrected chi connectivity index (χ3v) is 8.46. The van der Waals surface area contributed by atoms with E-state index in [0.29, 0.717) is 5.39 Å². The molecule has 1 saturated carbocycles. The molecule has 36 heavy (non-hydrogen) atoms. The van der Waals surface area contributed by atoms with Gasteiger partial charge in [-0.1, -0.05) is 79.6 Å². The van der Waals surface area contributed by atoms with Crippen LogP contribution in [-0.4, -0.2) is 39.5 Å². The summed E-state index contributed by atoms with van der Waals surface area (Å²) in [6, 6.07) is 23.0. The van der Waals surface area contributed by atoms with Crippen LogP contribution in [0.2, 0.25) is 0 Å². The number of rotatable bonds is 6. The van der Waals surface area contributed by atoms with Gasteiger partial charge in [-0.05, 0) is 52.1 Å². The lowest BCUT2D eigenvalue weighted by atomic mass is 9.92. The summed E-state index contributed by atoms with van der Waals surface area (Å²) in [6.07, 6.45) is 3.90. The van der Waals surface area contributed by atoms with Crippen molar-refractivity contribution in [2.75, 3.05) is 7.05 Å². The molecule has 0 saturated heterocycles. The van der Waals surface area contributed by atoms with Crippen LogP contribution in [-0.2, 0) is 4.57 Å². The number of benzene rings is 4. The fourth-order valence-electron chi connectivity index (χ4n) is 5.38. The fraction of sp³-hybridized carbons (Fsp3) is 0.241. The van der Waals surface area contributed by atoms with E-state index >= 15 is 0 Å². The van der Waals surface area contributed by atoms with Crippen molar-refractivity contribution in [2.45, 2.75) is 37.4 Å². The maximum Gasteiger partial charge on any atom is 0.340 e. The predicted octanol–water partition coefficient (Wildman–Crippen LogP) is 6.11. The van der Waals surface area contributed by atoms with E-state index in [1.807, 2.05) is 42.5 Å². The summed E-state index contributed by atoms with van der Waals surface area (Å²) in [5.74, 6) is -1.06. The Kier molecular flexibility index (Phi) is 6.52. The van der Waals surface area contributed by atoms with Crippen LogP contribution in [0.5, 0.6) is 0 Å². The highest BCUT2D eigenvalue weighted by Gasteiger charge is 2.40. The number of nitrogens with zero attached hydrogens (tertiary/aromatic N) is 1. The van der Waals surface area contributed by atoms with E-state index in [-0.39, 0.29) is 28.6 Å². The van der Waals surface area contributed by atoms with Gasteiger partial charge in [0.25, 0.3) is 5.91 Å². The highest BCUT2D eigenvalue weighted by molar-refractivity contribution is 7.53. The lowest BCUT2D eigenvalue weighted by molar-refractivity contribution is 0.0730. The molecular formula is C29H28NO5P. The summed E-state index contributed by atoms with van der Waals surface area (Å²) >= 11 is 0. The normalized spacial score (nSPS) is 15.3. The molecule has 0 aromatic heterocycles. The summed E-state index contributed by atoms with van der Waals surface area (Å²) in [7, 11) is -3.21. The molecule has 2 N–H and O–H groups in total. The molecule has 4 aromatic carbocycles. The molecule has 0 heterocycles. The van der Waals surface area contributed by atoms with Gasteiger partial charge >= 0.3 is 7.60 Å². The molecule has 1 fully saturated rings. The lowest BCUT2D eigenvalue weighted by Crippen LogP contribution is -2.36. The number of fused-ring (bicyclic) bond motifs is 2. The van der Waals surface area contributed by atoms with Crippen molar-refractivity contribution in [2.24, 2.45) is 0 Å². The van der Waals surface area contributed by atoms with Crippen LogP contribution in [0.1, 0.15) is 57.6 Å². The Labute approximate surface area is 209 Å². The van der Waals surface area contributed by atoms with Gasteiger partial charge < -0.3 is 14.7 Å². The molecule has 1 aliphatic rings. The van der Waals surface area contributed by atoms with E-state index in [0.717, 1.165) is 41.8 Å². The topological polar surface area (TPSA) is 94.9 Å². The Balaban J connectivity index is 1.69. The Morgan fingerprint density at radius 1 is 0.833 bits per heavy atom. The molecule has 4 aromatic rings. The number of hydrogen-bond acceptors (Lipinski definition) is 3. The second-order valence-electron chi connectivity index (χ2n) is 9.52. The second kappa shape index (κ2) is 9.62. The molecule has 184 valence electrons. The van der Waals surface area contributed by atoms with Gasteiger partial charge in [0.2, 0.25) is 0 Å². The molecule has 0 bridgehead atoms. The van der Waals surface area contributed by atoms with Gasteiger partial charge in [-0.15, -0.1) is 0 Å². The van der Waals surface area contributed by atoms with E-state index in [1.54, 1.807) is 48.3 Å². The average molecular weight is 502 g/mol. The quantitative estimate of drug-likeness (QED) is 0.246. The van der Waals surface area contributed by atoms with Gasteiger partial charge in [-0.2, -0.15) is 0 Å². The molecule has 7 heteroatoms. The number of ketones is 1. The summed E-state index contributed by atoms with van der Waals surface area (Å²) in [5.41, 5.74) is -1.27. The Morgan fingerprint density at radius 2 is 1.39 bits per heavy atom. The largest absolute Gasteiger partial charge is 0.340 e. The summed E-state index contributed by atoms with van der Waals surface area (Å²) in [6.45, 7) is 0. The first-order chi connectivity index (χ1) is 17.3. The second-order valence-corrected chi connectivity index (χ2v) is 11.2. The first-order valence-electron chi connectivity index (χ1n) is 12.1. The minimum absolute atomic E-state index is 0.0322. The third-order valence-electron chi connectivity index (χ3n) is 7.28. The molecule has 0 radical (unpaired) electrons.